The summed E-state index contributed by atoms with van der Waals surface area (Å²) in [5, 5.41) is 6.52. The third kappa shape index (κ3) is 4.01. The molecule has 0 aromatic heterocycles. The second-order valence-electron chi connectivity index (χ2n) is 3.89. The zero-order chi connectivity index (χ0) is 15.3. The third-order valence-electron chi connectivity index (χ3n) is 2.36. The lowest BCUT2D eigenvalue weighted by molar-refractivity contribution is -0.139. The van der Waals surface area contributed by atoms with Gasteiger partial charge in [-0.05, 0) is 19.1 Å². The van der Waals surface area contributed by atoms with Crippen molar-refractivity contribution in [3.63, 3.8) is 0 Å². The minimum Gasteiger partial charge on any atom is -0.351 e. The van der Waals surface area contributed by atoms with Crippen LogP contribution < -0.4 is 16.0 Å². The van der Waals surface area contributed by atoms with E-state index in [1.165, 1.54) is 20.0 Å². The van der Waals surface area contributed by atoms with Crippen LogP contribution >= 0.6 is 0 Å². The van der Waals surface area contributed by atoms with Crippen LogP contribution in [0.25, 0.3) is 0 Å². The van der Waals surface area contributed by atoms with E-state index in [4.69, 9.17) is 0 Å². The lowest BCUT2D eigenvalue weighted by atomic mass is 10.2. The summed E-state index contributed by atoms with van der Waals surface area (Å²) >= 11 is 0. The fourth-order valence-corrected chi connectivity index (χ4v) is 1.27. The molecule has 108 valence electrons. The highest BCUT2D eigenvalue weighted by Gasteiger charge is 2.19. The summed E-state index contributed by atoms with van der Waals surface area (Å²) in [4.78, 5) is 33.9. The van der Waals surface area contributed by atoms with Crippen molar-refractivity contribution < 1.29 is 23.2 Å². The second-order valence-corrected chi connectivity index (χ2v) is 3.89. The molecular weight excluding hydrogens is 272 g/mol. The molecule has 0 aliphatic heterocycles. The van der Waals surface area contributed by atoms with Crippen LogP contribution in [0.4, 0.5) is 14.5 Å². The Morgan fingerprint density at radius 3 is 2.30 bits per heavy atom. The number of likely N-dealkylation sites (N-methyl/N-ethyl adjacent to an activating group) is 1. The Labute approximate surface area is 113 Å². The molecule has 3 amide bonds. The Hall–Kier alpha value is -2.51. The maximum Gasteiger partial charge on any atom is 0.309 e. The van der Waals surface area contributed by atoms with Gasteiger partial charge in [-0.2, -0.15) is 0 Å². The number of carbonyl (C=O) groups is 3. The van der Waals surface area contributed by atoms with E-state index in [-0.39, 0.29) is 5.69 Å². The molecule has 1 rings (SSSR count). The van der Waals surface area contributed by atoms with Crippen molar-refractivity contribution in [1.82, 2.24) is 10.6 Å². The number of hydrogen-bond donors (Lipinski definition) is 3. The molecule has 0 heterocycles. The third-order valence-corrected chi connectivity index (χ3v) is 2.36. The van der Waals surface area contributed by atoms with Gasteiger partial charge in [0.15, 0.2) is 11.6 Å². The normalized spacial score (nSPS) is 11.4. The van der Waals surface area contributed by atoms with Crippen molar-refractivity contribution in [2.24, 2.45) is 0 Å². The van der Waals surface area contributed by atoms with Crippen molar-refractivity contribution in [3.8, 4) is 0 Å². The number of halogens is 2. The van der Waals surface area contributed by atoms with Crippen LogP contribution in [0.15, 0.2) is 18.2 Å². The number of nitrogens with one attached hydrogen (secondary N) is 3. The molecule has 8 heteroatoms. The molecule has 0 aliphatic rings. The Bertz CT molecular complexity index is 549. The van der Waals surface area contributed by atoms with Crippen molar-refractivity contribution in [1.29, 1.82) is 0 Å². The van der Waals surface area contributed by atoms with E-state index in [0.29, 0.717) is 0 Å². The second kappa shape index (κ2) is 6.60. The topological polar surface area (TPSA) is 87.3 Å². The summed E-state index contributed by atoms with van der Waals surface area (Å²) in [5.41, 5.74) is 0.0370. The highest BCUT2D eigenvalue weighted by Crippen LogP contribution is 2.13. The maximum atomic E-state index is 12.9. The number of amides is 3. The molecule has 0 aliphatic carbocycles. The molecule has 1 unspecified atom stereocenters. The first-order chi connectivity index (χ1) is 9.35. The van der Waals surface area contributed by atoms with Crippen LogP contribution in [-0.4, -0.2) is 30.8 Å². The first-order valence-electron chi connectivity index (χ1n) is 5.63. The standard InChI is InChI=1S/C12H13F2N3O3/c1-6(16-12(20)11(19)15-2)10(18)17-7-3-4-8(13)9(14)5-7/h3-6H,1-2H3,(H,15,19)(H,16,20)(H,17,18). The van der Waals surface area contributed by atoms with E-state index in [1.807, 2.05) is 0 Å². The molecule has 0 bridgehead atoms. The molecule has 1 aromatic rings. The average molecular weight is 285 g/mol. The van der Waals surface area contributed by atoms with E-state index in [1.54, 1.807) is 0 Å². The largest absolute Gasteiger partial charge is 0.351 e. The van der Waals surface area contributed by atoms with Crippen LogP contribution in [0.3, 0.4) is 0 Å². The summed E-state index contributed by atoms with van der Waals surface area (Å²) in [5.74, 6) is -4.68. The van der Waals surface area contributed by atoms with Gasteiger partial charge < -0.3 is 16.0 Å². The summed E-state index contributed by atoms with van der Waals surface area (Å²) < 4.78 is 25.6. The van der Waals surface area contributed by atoms with E-state index < -0.39 is 35.4 Å². The Kier molecular flexibility index (Phi) is 5.13. The monoisotopic (exact) mass is 285 g/mol. The van der Waals surface area contributed by atoms with Crippen LogP contribution in [0.1, 0.15) is 6.92 Å². The lowest BCUT2D eigenvalue weighted by Crippen LogP contribution is -2.47. The van der Waals surface area contributed by atoms with Gasteiger partial charge >= 0.3 is 11.8 Å². The molecule has 20 heavy (non-hydrogen) atoms. The predicted octanol–water partition coefficient (Wildman–Crippen LogP) is 0.154. The molecule has 0 saturated carbocycles. The minimum absolute atomic E-state index is 0.0370. The van der Waals surface area contributed by atoms with Gasteiger partial charge in [-0.1, -0.05) is 0 Å². The molecule has 6 nitrogen and oxygen atoms in total. The summed E-state index contributed by atoms with van der Waals surface area (Å²) in [6, 6.07) is 1.82. The van der Waals surface area contributed by atoms with Gasteiger partial charge in [-0.3, -0.25) is 14.4 Å². The number of carbonyl (C=O) groups excluding carboxylic acids is 3. The number of benzene rings is 1. The first-order valence-corrected chi connectivity index (χ1v) is 5.63. The van der Waals surface area contributed by atoms with Crippen molar-refractivity contribution in [2.75, 3.05) is 12.4 Å². The average Bonchev–Trinajstić information content (AvgIpc) is 2.41. The van der Waals surface area contributed by atoms with Gasteiger partial charge in [-0.15, -0.1) is 0 Å². The van der Waals surface area contributed by atoms with E-state index in [2.05, 4.69) is 16.0 Å². The van der Waals surface area contributed by atoms with Crippen LogP contribution in [-0.2, 0) is 14.4 Å². The van der Waals surface area contributed by atoms with Gasteiger partial charge in [0.05, 0.1) is 0 Å². The number of hydrogen-bond acceptors (Lipinski definition) is 3. The van der Waals surface area contributed by atoms with Gasteiger partial charge in [-0.25, -0.2) is 8.78 Å². The van der Waals surface area contributed by atoms with E-state index >= 15 is 0 Å². The minimum atomic E-state index is -1.11. The maximum absolute atomic E-state index is 12.9. The Morgan fingerprint density at radius 2 is 1.75 bits per heavy atom. The Morgan fingerprint density at radius 1 is 1.10 bits per heavy atom. The number of rotatable bonds is 3. The fraction of sp³-hybridized carbons (Fsp3) is 0.250. The zero-order valence-electron chi connectivity index (χ0n) is 10.8. The van der Waals surface area contributed by atoms with Gasteiger partial charge in [0.25, 0.3) is 0 Å². The first kappa shape index (κ1) is 15.5. The summed E-state index contributed by atoms with van der Waals surface area (Å²) in [7, 11) is 1.27. The van der Waals surface area contributed by atoms with Crippen LogP contribution in [0.5, 0.6) is 0 Å². The van der Waals surface area contributed by atoms with Crippen molar-refractivity contribution in [2.45, 2.75) is 13.0 Å². The summed E-state index contributed by atoms with van der Waals surface area (Å²) in [6.07, 6.45) is 0. The predicted molar refractivity (Wildman–Crippen MR) is 66.7 cm³/mol. The molecule has 1 atom stereocenters. The molecule has 0 saturated heterocycles. The number of anilines is 1. The molecule has 1 aromatic carbocycles. The smallest absolute Gasteiger partial charge is 0.309 e. The highest BCUT2D eigenvalue weighted by molar-refractivity contribution is 6.35. The molecule has 0 fully saturated rings. The lowest BCUT2D eigenvalue weighted by Gasteiger charge is -2.13. The SMILES string of the molecule is CNC(=O)C(=O)NC(C)C(=O)Nc1ccc(F)c(F)c1. The fourth-order valence-electron chi connectivity index (χ4n) is 1.27. The van der Waals surface area contributed by atoms with Gasteiger partial charge in [0.2, 0.25) is 5.91 Å². The van der Waals surface area contributed by atoms with Crippen molar-refractivity contribution in [3.05, 3.63) is 29.8 Å². The van der Waals surface area contributed by atoms with Gasteiger partial charge in [0.1, 0.15) is 6.04 Å². The highest BCUT2D eigenvalue weighted by atomic mass is 19.2. The molecule has 0 spiro atoms. The molecule has 3 N–H and O–H groups in total. The molecular formula is C12H13F2N3O3. The van der Waals surface area contributed by atoms with E-state index in [9.17, 15) is 23.2 Å². The van der Waals surface area contributed by atoms with Crippen LogP contribution in [0, 0.1) is 11.6 Å². The molecule has 0 radical (unpaired) electrons. The summed E-state index contributed by atoms with van der Waals surface area (Å²) in [6.45, 7) is 1.34. The van der Waals surface area contributed by atoms with Crippen molar-refractivity contribution >= 4 is 23.4 Å². The quantitative estimate of drug-likeness (QED) is 0.691. The van der Waals surface area contributed by atoms with Crippen LogP contribution in [0.2, 0.25) is 0 Å². The zero-order valence-corrected chi connectivity index (χ0v) is 10.8. The van der Waals surface area contributed by atoms with E-state index in [0.717, 1.165) is 12.1 Å². The Balaban J connectivity index is 2.63. The van der Waals surface area contributed by atoms with Gasteiger partial charge in [0, 0.05) is 18.8 Å².